The van der Waals surface area contributed by atoms with Crippen molar-refractivity contribution in [3.63, 3.8) is 0 Å². The maximum atomic E-state index is 12.0. The second-order valence-electron chi connectivity index (χ2n) is 8.72. The average molecular weight is 504 g/mol. The zero-order valence-corrected chi connectivity index (χ0v) is 20.9. The van der Waals surface area contributed by atoms with Crippen LogP contribution < -0.4 is 0 Å². The van der Waals surface area contributed by atoms with Crippen molar-refractivity contribution < 1.29 is 44.3 Å². The van der Waals surface area contributed by atoms with Crippen molar-refractivity contribution in [3.05, 3.63) is 70.8 Å². The van der Waals surface area contributed by atoms with Gasteiger partial charge in [0.15, 0.2) is 0 Å². The summed E-state index contributed by atoms with van der Waals surface area (Å²) in [6, 6.07) is 14.7. The number of aryl methyl sites for hydroxylation is 1. The van der Waals surface area contributed by atoms with E-state index in [0.717, 1.165) is 11.1 Å². The number of hydrogen-bond acceptors (Lipinski definition) is 9. The minimum atomic E-state index is -2.61. The van der Waals surface area contributed by atoms with Crippen LogP contribution in [-0.2, 0) is 15.3 Å². The Kier molecular flexibility index (Phi) is 11.4. The van der Waals surface area contributed by atoms with Gasteiger partial charge in [-0.25, -0.2) is 4.31 Å². The van der Waals surface area contributed by atoms with Crippen LogP contribution in [0.2, 0.25) is 0 Å². The van der Waals surface area contributed by atoms with Crippen LogP contribution in [0.3, 0.4) is 0 Å². The van der Waals surface area contributed by atoms with Crippen LogP contribution in [0.1, 0.15) is 43.0 Å². The van der Waals surface area contributed by atoms with E-state index in [1.54, 1.807) is 24.3 Å². The summed E-state index contributed by atoms with van der Waals surface area (Å²) in [5.41, 5.74) is -0.520. The molecular weight excluding hydrogens is 470 g/mol. The van der Waals surface area contributed by atoms with E-state index in [0.29, 0.717) is 11.1 Å². The lowest BCUT2D eigenvalue weighted by Gasteiger charge is -2.47. The first kappa shape index (κ1) is 30.0. The Morgan fingerprint density at radius 1 is 0.758 bits per heavy atom. The van der Waals surface area contributed by atoms with Crippen LogP contribution in [0.15, 0.2) is 48.5 Å². The molecule has 186 valence electrons. The van der Waals surface area contributed by atoms with E-state index in [4.69, 9.17) is 19.6 Å². The Morgan fingerprint density at radius 3 is 1.61 bits per heavy atom. The minimum absolute atomic E-state index is 0.282. The van der Waals surface area contributed by atoms with E-state index < -0.39 is 48.0 Å². The van der Waals surface area contributed by atoms with Gasteiger partial charge in [0.1, 0.15) is 5.60 Å². The van der Waals surface area contributed by atoms with Crippen molar-refractivity contribution in [2.45, 2.75) is 38.7 Å². The third-order valence-electron chi connectivity index (χ3n) is 5.39. The Hall–Kier alpha value is -1.06. The fraction of sp³-hybridized carbons (Fsp3) is 0.455. The Labute approximate surface area is 196 Å². The van der Waals surface area contributed by atoms with Crippen LogP contribution in [-0.4, -0.2) is 59.8 Å². The lowest BCUT2D eigenvalue weighted by Crippen LogP contribution is -2.54. The molecule has 0 aliphatic rings. The van der Waals surface area contributed by atoms with Gasteiger partial charge in [-0.2, -0.15) is 0 Å². The molecule has 8 N–H and O–H groups in total. The van der Waals surface area contributed by atoms with Crippen LogP contribution in [0.4, 0.5) is 0 Å². The number of aliphatic hydroxyl groups excluding tert-OH is 3. The summed E-state index contributed by atoms with van der Waals surface area (Å²) >= 11 is 0. The maximum absolute atomic E-state index is 12.0. The number of aliphatic hydroxyl groups is 4. The van der Waals surface area contributed by atoms with Crippen molar-refractivity contribution in [1.29, 1.82) is 0 Å². The Morgan fingerprint density at radius 2 is 1.24 bits per heavy atom. The smallest absolute Gasteiger partial charge is 0.334 e. The summed E-state index contributed by atoms with van der Waals surface area (Å²) in [5.74, 6) is 0. The molecule has 0 saturated heterocycles. The highest BCUT2D eigenvalue weighted by Gasteiger charge is 2.53. The third-order valence-corrected chi connectivity index (χ3v) is 6.55. The zero-order valence-electron chi connectivity index (χ0n) is 19.1. The van der Waals surface area contributed by atoms with E-state index in [1.165, 1.54) is 0 Å². The first-order valence-corrected chi connectivity index (χ1v) is 12.4. The zero-order chi connectivity index (χ0) is 25.4. The quantitative estimate of drug-likeness (QED) is 0.250. The van der Waals surface area contributed by atoms with Gasteiger partial charge in [-0.1, -0.05) is 74.9 Å². The van der Waals surface area contributed by atoms with Gasteiger partial charge in [-0.3, -0.25) is 0 Å². The lowest BCUT2D eigenvalue weighted by molar-refractivity contribution is -0.136. The van der Waals surface area contributed by atoms with E-state index in [-0.39, 0.29) is 5.41 Å². The molecule has 0 aromatic heterocycles. The molecule has 2 rings (SSSR count). The fourth-order valence-corrected chi connectivity index (χ4v) is 4.10. The molecule has 2 aromatic carbocycles. The van der Waals surface area contributed by atoms with Crippen molar-refractivity contribution in [2.75, 3.05) is 19.8 Å². The van der Waals surface area contributed by atoms with Crippen molar-refractivity contribution in [3.8, 4) is 0 Å². The molecule has 0 saturated carbocycles. The van der Waals surface area contributed by atoms with E-state index >= 15 is 0 Å². The first-order valence-electron chi connectivity index (χ1n) is 10.0. The molecule has 33 heavy (non-hydrogen) atoms. The van der Waals surface area contributed by atoms with Gasteiger partial charge in [0, 0.05) is 0 Å². The minimum Gasteiger partial charge on any atom is -0.395 e. The molecule has 1 atom stereocenters. The highest BCUT2D eigenvalue weighted by Crippen LogP contribution is 2.48. The van der Waals surface area contributed by atoms with Crippen LogP contribution in [0.25, 0.3) is 0 Å². The normalized spacial score (nSPS) is 14.1. The molecule has 1 unspecified atom stereocenters. The molecule has 0 radical (unpaired) electrons. The van der Waals surface area contributed by atoms with Gasteiger partial charge in [-0.15, -0.1) is 0 Å². The average Bonchev–Trinajstić information content (AvgIpc) is 2.74. The molecule has 11 heteroatoms. The molecule has 0 amide bonds. The summed E-state index contributed by atoms with van der Waals surface area (Å²) < 4.78 is 3.60. The summed E-state index contributed by atoms with van der Waals surface area (Å²) in [6.45, 7) is 6.44. The van der Waals surface area contributed by atoms with Crippen molar-refractivity contribution >= 4 is 17.2 Å². The fourth-order valence-electron chi connectivity index (χ4n) is 3.58. The molecule has 0 spiro atoms. The van der Waals surface area contributed by atoms with Gasteiger partial charge in [0.05, 0.1) is 25.2 Å². The van der Waals surface area contributed by atoms with Gasteiger partial charge >= 0.3 is 17.2 Å². The van der Waals surface area contributed by atoms with E-state index in [2.05, 4.69) is 25.1 Å². The summed E-state index contributed by atoms with van der Waals surface area (Å²) in [4.78, 5) is 31.3. The SMILES string of the molecule is Cc1ccc(C(O)(c2ccccc2)C(CO)(CO)CO)c(C(C)(C)C)c1.OP(O)OP(O)O. The number of hydrogen-bond donors (Lipinski definition) is 8. The maximum Gasteiger partial charge on any atom is 0.334 e. The van der Waals surface area contributed by atoms with E-state index in [9.17, 15) is 20.4 Å². The summed E-state index contributed by atoms with van der Waals surface area (Å²) in [7, 11) is -5.22. The van der Waals surface area contributed by atoms with Crippen LogP contribution in [0, 0.1) is 12.3 Å². The number of rotatable bonds is 8. The van der Waals surface area contributed by atoms with E-state index in [1.807, 2.05) is 31.2 Å². The predicted octanol–water partition coefficient (Wildman–Crippen LogP) is 1.92. The molecule has 0 bridgehead atoms. The second-order valence-corrected chi connectivity index (χ2v) is 10.4. The molecule has 9 nitrogen and oxygen atoms in total. The molecule has 0 aliphatic heterocycles. The van der Waals surface area contributed by atoms with Gasteiger partial charge < -0.3 is 40.0 Å². The highest BCUT2D eigenvalue weighted by molar-refractivity contribution is 7.53. The third kappa shape index (κ3) is 7.21. The van der Waals surface area contributed by atoms with Crippen LogP contribution >= 0.6 is 17.2 Å². The lowest BCUT2D eigenvalue weighted by atomic mass is 9.63. The monoisotopic (exact) mass is 504 g/mol. The molecule has 2 aromatic rings. The largest absolute Gasteiger partial charge is 0.395 e. The van der Waals surface area contributed by atoms with Crippen LogP contribution in [0.5, 0.6) is 0 Å². The van der Waals surface area contributed by atoms with Gasteiger partial charge in [-0.05, 0) is 29.0 Å². The Balaban J connectivity index is 0.000000675. The summed E-state index contributed by atoms with van der Waals surface area (Å²) in [5, 5.41) is 42.3. The number of benzene rings is 2. The standard InChI is InChI=1S/C22H30O4.H4O5P2/c1-16-10-11-18(19(12-16)20(2,3)4)22(26,17-8-6-5-7-9-17)21(13-23,14-24)15-25;1-6(2)5-7(3)4/h5-12,23-26H,13-15H2,1-4H3;1-4H. The van der Waals surface area contributed by atoms with Gasteiger partial charge in [0.2, 0.25) is 0 Å². The molecular formula is C22H34O9P2. The second kappa shape index (κ2) is 12.6. The van der Waals surface area contributed by atoms with Crippen molar-refractivity contribution in [1.82, 2.24) is 0 Å². The molecule has 0 fully saturated rings. The molecule has 0 heterocycles. The van der Waals surface area contributed by atoms with Crippen molar-refractivity contribution in [2.24, 2.45) is 5.41 Å². The Bertz CT molecular complexity index is 838. The predicted molar refractivity (Wildman–Crippen MR) is 127 cm³/mol. The summed E-state index contributed by atoms with van der Waals surface area (Å²) in [6.07, 6.45) is 0. The first-order chi connectivity index (χ1) is 15.3. The topological polar surface area (TPSA) is 171 Å². The van der Waals surface area contributed by atoms with Gasteiger partial charge in [0.25, 0.3) is 0 Å². The molecule has 0 aliphatic carbocycles. The highest BCUT2D eigenvalue weighted by atomic mass is 31.2.